The molecule has 1 aromatic carbocycles. The fraction of sp³-hybridized carbons (Fsp3) is 0.214. The van der Waals surface area contributed by atoms with Gasteiger partial charge in [-0.2, -0.15) is 10.2 Å². The zero-order valence-corrected chi connectivity index (χ0v) is 11.0. The molecule has 2 rings (SSSR count). The monoisotopic (exact) mass is 256 g/mol. The molecule has 0 atom stereocenters. The van der Waals surface area contributed by atoms with Crippen molar-refractivity contribution in [2.45, 2.75) is 20.3 Å². The molecular weight excluding hydrogens is 240 g/mol. The maximum Gasteiger partial charge on any atom is 0.291 e. The topological polar surface area (TPSA) is 70.1 Å². The van der Waals surface area contributed by atoms with Gasteiger partial charge in [0.2, 0.25) is 0 Å². The molecule has 0 saturated heterocycles. The minimum absolute atomic E-state index is 0.328. The van der Waals surface area contributed by atoms with Crippen molar-refractivity contribution in [3.8, 4) is 0 Å². The highest BCUT2D eigenvalue weighted by molar-refractivity contribution is 5.93. The molecular formula is C14H16N4O. The van der Waals surface area contributed by atoms with Gasteiger partial charge in [-0.3, -0.25) is 9.89 Å². The first-order valence-corrected chi connectivity index (χ1v) is 6.13. The predicted molar refractivity (Wildman–Crippen MR) is 74.2 cm³/mol. The van der Waals surface area contributed by atoms with Gasteiger partial charge in [-0.15, -0.1) is 0 Å². The predicted octanol–water partition coefficient (Wildman–Crippen LogP) is 2.04. The zero-order valence-electron chi connectivity index (χ0n) is 11.0. The van der Waals surface area contributed by atoms with Crippen molar-refractivity contribution in [1.29, 1.82) is 0 Å². The van der Waals surface area contributed by atoms with E-state index in [0.29, 0.717) is 5.69 Å². The summed E-state index contributed by atoms with van der Waals surface area (Å²) in [5.41, 5.74) is 5.82. The molecule has 0 aliphatic carbocycles. The summed E-state index contributed by atoms with van der Waals surface area (Å²) >= 11 is 0. The molecule has 5 heteroatoms. The molecule has 0 aliphatic heterocycles. The average Bonchev–Trinajstić information content (AvgIpc) is 2.86. The Bertz CT molecular complexity index is 584. The first kappa shape index (κ1) is 13.0. The number of carbonyl (C=O) groups excluding carboxylic acids is 1. The summed E-state index contributed by atoms with van der Waals surface area (Å²) in [5, 5.41) is 10.5. The van der Waals surface area contributed by atoms with Crippen molar-refractivity contribution < 1.29 is 4.79 Å². The van der Waals surface area contributed by atoms with E-state index in [0.717, 1.165) is 17.7 Å². The van der Waals surface area contributed by atoms with Crippen LogP contribution in [0.2, 0.25) is 0 Å². The zero-order chi connectivity index (χ0) is 13.7. The molecule has 19 heavy (non-hydrogen) atoms. The number of nitrogens with one attached hydrogen (secondary N) is 2. The quantitative estimate of drug-likeness (QED) is 0.649. The van der Waals surface area contributed by atoms with Gasteiger partial charge in [0.25, 0.3) is 5.91 Å². The fourth-order valence-corrected chi connectivity index (χ4v) is 1.60. The molecule has 0 fully saturated rings. The molecule has 1 aromatic heterocycles. The highest BCUT2D eigenvalue weighted by Gasteiger charge is 2.07. The Hall–Kier alpha value is -2.43. The highest BCUT2D eigenvalue weighted by atomic mass is 16.2. The van der Waals surface area contributed by atoms with E-state index in [-0.39, 0.29) is 5.91 Å². The lowest BCUT2D eigenvalue weighted by atomic mass is 10.1. The Morgan fingerprint density at radius 2 is 2.16 bits per heavy atom. The first-order chi connectivity index (χ1) is 9.19. The van der Waals surface area contributed by atoms with E-state index in [2.05, 4.69) is 27.6 Å². The van der Waals surface area contributed by atoms with E-state index in [1.807, 2.05) is 31.2 Å². The molecule has 0 saturated carbocycles. The summed E-state index contributed by atoms with van der Waals surface area (Å²) < 4.78 is 0. The molecule has 0 spiro atoms. The smallest absolute Gasteiger partial charge is 0.282 e. The minimum atomic E-state index is -0.328. The average molecular weight is 256 g/mol. The van der Waals surface area contributed by atoms with Crippen LogP contribution >= 0.6 is 0 Å². The Balaban J connectivity index is 1.94. The molecule has 1 amide bonds. The van der Waals surface area contributed by atoms with Crippen LogP contribution in [0.1, 0.15) is 34.2 Å². The molecule has 1 heterocycles. The Kier molecular flexibility index (Phi) is 4.07. The number of nitrogens with zero attached hydrogens (tertiary/aromatic N) is 2. The second-order valence-electron chi connectivity index (χ2n) is 4.23. The Morgan fingerprint density at radius 3 is 2.74 bits per heavy atom. The lowest BCUT2D eigenvalue weighted by Gasteiger charge is -1.97. The summed E-state index contributed by atoms with van der Waals surface area (Å²) in [6.45, 7) is 3.94. The van der Waals surface area contributed by atoms with Crippen molar-refractivity contribution >= 4 is 12.1 Å². The van der Waals surface area contributed by atoms with E-state index in [1.165, 1.54) is 5.56 Å². The molecule has 0 aliphatic rings. The number of hydrogen-bond donors (Lipinski definition) is 2. The van der Waals surface area contributed by atoms with Gasteiger partial charge in [-0.1, -0.05) is 31.2 Å². The molecule has 2 aromatic rings. The molecule has 5 nitrogen and oxygen atoms in total. The maximum atomic E-state index is 11.6. The molecule has 0 unspecified atom stereocenters. The van der Waals surface area contributed by atoms with Crippen LogP contribution in [0.3, 0.4) is 0 Å². The largest absolute Gasteiger partial charge is 0.291 e. The normalized spacial score (nSPS) is 10.8. The third-order valence-electron chi connectivity index (χ3n) is 2.71. The number of carbonyl (C=O) groups is 1. The highest BCUT2D eigenvalue weighted by Crippen LogP contribution is 2.02. The molecule has 0 bridgehead atoms. The third kappa shape index (κ3) is 3.51. The van der Waals surface area contributed by atoms with Gasteiger partial charge in [0.05, 0.1) is 6.21 Å². The van der Waals surface area contributed by atoms with Crippen LogP contribution in [0.4, 0.5) is 0 Å². The van der Waals surface area contributed by atoms with Crippen molar-refractivity contribution in [3.63, 3.8) is 0 Å². The summed E-state index contributed by atoms with van der Waals surface area (Å²) in [6, 6.07) is 9.68. The number of hydrazone groups is 1. The van der Waals surface area contributed by atoms with Gasteiger partial charge in [-0.25, -0.2) is 5.43 Å². The van der Waals surface area contributed by atoms with Crippen LogP contribution in [0.25, 0.3) is 0 Å². The lowest BCUT2D eigenvalue weighted by Crippen LogP contribution is -2.18. The van der Waals surface area contributed by atoms with Crippen LogP contribution in [-0.2, 0) is 6.42 Å². The van der Waals surface area contributed by atoms with Crippen LogP contribution in [0.15, 0.2) is 35.4 Å². The minimum Gasteiger partial charge on any atom is -0.282 e. The van der Waals surface area contributed by atoms with Crippen LogP contribution < -0.4 is 5.43 Å². The number of H-pyrrole nitrogens is 1. The van der Waals surface area contributed by atoms with E-state index in [9.17, 15) is 4.79 Å². The van der Waals surface area contributed by atoms with Gasteiger partial charge in [0.1, 0.15) is 0 Å². The second-order valence-corrected chi connectivity index (χ2v) is 4.23. The van der Waals surface area contributed by atoms with E-state index in [4.69, 9.17) is 0 Å². The Labute approximate surface area is 111 Å². The summed E-state index contributed by atoms with van der Waals surface area (Å²) in [5.74, 6) is -0.328. The summed E-state index contributed by atoms with van der Waals surface area (Å²) in [7, 11) is 0. The first-order valence-electron chi connectivity index (χ1n) is 6.13. The molecule has 0 radical (unpaired) electrons. The lowest BCUT2D eigenvalue weighted by molar-refractivity contribution is 0.0950. The van der Waals surface area contributed by atoms with Crippen molar-refractivity contribution in [1.82, 2.24) is 15.6 Å². The van der Waals surface area contributed by atoms with Gasteiger partial charge in [0, 0.05) is 5.69 Å². The summed E-state index contributed by atoms with van der Waals surface area (Å²) in [6.07, 6.45) is 2.61. The van der Waals surface area contributed by atoms with Crippen molar-refractivity contribution in [3.05, 3.63) is 52.8 Å². The van der Waals surface area contributed by atoms with Gasteiger partial charge in [0.15, 0.2) is 5.69 Å². The van der Waals surface area contributed by atoms with Gasteiger partial charge in [-0.05, 0) is 30.5 Å². The summed E-state index contributed by atoms with van der Waals surface area (Å²) in [4.78, 5) is 11.6. The Morgan fingerprint density at radius 1 is 1.42 bits per heavy atom. The van der Waals surface area contributed by atoms with Crippen molar-refractivity contribution in [2.24, 2.45) is 5.10 Å². The van der Waals surface area contributed by atoms with Crippen LogP contribution in [-0.4, -0.2) is 22.3 Å². The standard InChI is InChI=1S/C14H16N4O/c1-3-11-4-6-12(7-5-11)9-15-18-14(19)13-8-10(2)16-17-13/h4-9H,3H2,1-2H3,(H,16,17)(H,18,19). The van der Waals surface area contributed by atoms with Gasteiger partial charge < -0.3 is 0 Å². The number of benzene rings is 1. The number of aromatic nitrogens is 2. The number of hydrogen-bond acceptors (Lipinski definition) is 3. The fourth-order valence-electron chi connectivity index (χ4n) is 1.60. The molecule has 98 valence electrons. The second kappa shape index (κ2) is 5.95. The number of amides is 1. The third-order valence-corrected chi connectivity index (χ3v) is 2.71. The van der Waals surface area contributed by atoms with E-state index < -0.39 is 0 Å². The van der Waals surface area contributed by atoms with Crippen LogP contribution in [0.5, 0.6) is 0 Å². The maximum absolute atomic E-state index is 11.6. The van der Waals surface area contributed by atoms with Crippen LogP contribution in [0, 0.1) is 6.92 Å². The van der Waals surface area contributed by atoms with E-state index in [1.54, 1.807) is 12.3 Å². The number of aromatic amines is 1. The van der Waals surface area contributed by atoms with Gasteiger partial charge >= 0.3 is 0 Å². The van der Waals surface area contributed by atoms with Crippen molar-refractivity contribution in [2.75, 3.05) is 0 Å². The SMILES string of the molecule is CCc1ccc(C=NNC(=O)c2cc(C)[nH]n2)cc1. The van der Waals surface area contributed by atoms with E-state index >= 15 is 0 Å². The number of aryl methyl sites for hydroxylation is 2. The molecule has 2 N–H and O–H groups in total. The number of rotatable bonds is 4.